The van der Waals surface area contributed by atoms with Crippen molar-refractivity contribution in [3.05, 3.63) is 83.6 Å². The number of rotatable bonds is 7. The van der Waals surface area contributed by atoms with Crippen molar-refractivity contribution in [2.24, 2.45) is 0 Å². The van der Waals surface area contributed by atoms with Crippen LogP contribution in [0.2, 0.25) is 0 Å². The molecule has 0 bridgehead atoms. The Morgan fingerprint density at radius 2 is 1.62 bits per heavy atom. The lowest BCUT2D eigenvalue weighted by atomic mass is 10.1. The number of hydrogen-bond donors (Lipinski definition) is 1. The van der Waals surface area contributed by atoms with Gasteiger partial charge in [-0.1, -0.05) is 60.7 Å². The second-order valence-corrected chi connectivity index (χ2v) is 6.47. The zero-order valence-electron chi connectivity index (χ0n) is 15.7. The Kier molecular flexibility index (Phi) is 5.84. The van der Waals surface area contributed by atoms with E-state index in [1.807, 2.05) is 25.1 Å². The van der Waals surface area contributed by atoms with Crippen LogP contribution in [0, 0.1) is 6.92 Å². The smallest absolute Gasteiger partial charge is 0.227 e. The number of aryl methyl sites for hydroxylation is 1. The molecular formula is C22H26N4. The van der Waals surface area contributed by atoms with E-state index < -0.39 is 0 Å². The normalized spacial score (nSPS) is 11.8. The molecule has 0 spiro atoms. The summed E-state index contributed by atoms with van der Waals surface area (Å²) in [7, 11) is 0. The molecule has 1 aromatic heterocycles. The number of anilines is 2. The first-order chi connectivity index (χ1) is 12.7. The fourth-order valence-corrected chi connectivity index (χ4v) is 2.94. The van der Waals surface area contributed by atoms with Gasteiger partial charge >= 0.3 is 0 Å². The van der Waals surface area contributed by atoms with Gasteiger partial charge in [0.25, 0.3) is 0 Å². The van der Waals surface area contributed by atoms with Crippen molar-refractivity contribution in [1.29, 1.82) is 0 Å². The summed E-state index contributed by atoms with van der Waals surface area (Å²) in [5, 5.41) is 3.50. The minimum absolute atomic E-state index is 0.183. The van der Waals surface area contributed by atoms with E-state index in [1.54, 1.807) is 0 Å². The van der Waals surface area contributed by atoms with E-state index in [0.29, 0.717) is 0 Å². The van der Waals surface area contributed by atoms with Gasteiger partial charge in [-0.15, -0.1) is 0 Å². The summed E-state index contributed by atoms with van der Waals surface area (Å²) in [6.45, 7) is 7.95. The van der Waals surface area contributed by atoms with E-state index in [-0.39, 0.29) is 6.04 Å². The predicted molar refractivity (Wildman–Crippen MR) is 108 cm³/mol. The SMILES string of the molecule is CCN(Cc1ccccc1)c1nc(C)cc(NC(C)c2ccccc2)n1. The highest BCUT2D eigenvalue weighted by atomic mass is 15.3. The van der Waals surface area contributed by atoms with Crippen molar-refractivity contribution >= 4 is 11.8 Å². The Morgan fingerprint density at radius 3 is 2.27 bits per heavy atom. The number of hydrogen-bond acceptors (Lipinski definition) is 4. The lowest BCUT2D eigenvalue weighted by Gasteiger charge is -2.23. The standard InChI is InChI=1S/C22H26N4/c1-4-26(16-19-11-7-5-8-12-19)22-23-17(2)15-21(25-22)24-18(3)20-13-9-6-10-14-20/h5-15,18H,4,16H2,1-3H3,(H,23,24,25). The monoisotopic (exact) mass is 346 g/mol. The molecule has 0 radical (unpaired) electrons. The molecule has 0 fully saturated rings. The lowest BCUT2D eigenvalue weighted by molar-refractivity contribution is 0.783. The van der Waals surface area contributed by atoms with Gasteiger partial charge in [-0.2, -0.15) is 4.98 Å². The van der Waals surface area contributed by atoms with Gasteiger partial charge < -0.3 is 10.2 Å². The fourth-order valence-electron chi connectivity index (χ4n) is 2.94. The molecule has 3 rings (SSSR count). The van der Waals surface area contributed by atoms with Crippen LogP contribution >= 0.6 is 0 Å². The Morgan fingerprint density at radius 1 is 0.962 bits per heavy atom. The summed E-state index contributed by atoms with van der Waals surface area (Å²) in [6.07, 6.45) is 0. The zero-order chi connectivity index (χ0) is 18.4. The molecule has 0 aliphatic rings. The van der Waals surface area contributed by atoms with Crippen molar-refractivity contribution in [3.8, 4) is 0 Å². The van der Waals surface area contributed by atoms with Crippen LogP contribution in [0.15, 0.2) is 66.7 Å². The van der Waals surface area contributed by atoms with Crippen LogP contribution in [0.3, 0.4) is 0 Å². The molecule has 0 saturated heterocycles. The largest absolute Gasteiger partial charge is 0.363 e. The Labute approximate surface area is 155 Å². The van der Waals surface area contributed by atoms with Crippen LogP contribution in [0.5, 0.6) is 0 Å². The molecule has 1 unspecified atom stereocenters. The molecule has 4 nitrogen and oxygen atoms in total. The van der Waals surface area contributed by atoms with E-state index in [0.717, 1.165) is 30.5 Å². The van der Waals surface area contributed by atoms with Gasteiger partial charge in [0.1, 0.15) is 5.82 Å². The summed E-state index contributed by atoms with van der Waals surface area (Å²) < 4.78 is 0. The first-order valence-corrected chi connectivity index (χ1v) is 9.11. The number of benzene rings is 2. The summed E-state index contributed by atoms with van der Waals surface area (Å²) in [4.78, 5) is 11.6. The highest BCUT2D eigenvalue weighted by molar-refractivity contribution is 5.45. The third kappa shape index (κ3) is 4.60. The molecule has 0 amide bonds. The molecule has 0 saturated carbocycles. The second kappa shape index (κ2) is 8.48. The maximum absolute atomic E-state index is 4.77. The molecule has 1 N–H and O–H groups in total. The highest BCUT2D eigenvalue weighted by Crippen LogP contribution is 2.21. The molecule has 0 aliphatic heterocycles. The summed E-state index contributed by atoms with van der Waals surface area (Å²) >= 11 is 0. The molecule has 134 valence electrons. The molecule has 3 aromatic rings. The molecule has 0 aliphatic carbocycles. The van der Waals surface area contributed by atoms with Crippen LogP contribution in [0.4, 0.5) is 11.8 Å². The van der Waals surface area contributed by atoms with Crippen LogP contribution < -0.4 is 10.2 Å². The Bertz CT molecular complexity index is 818. The van der Waals surface area contributed by atoms with Crippen LogP contribution in [-0.4, -0.2) is 16.5 Å². The minimum atomic E-state index is 0.183. The number of aromatic nitrogens is 2. The van der Waals surface area contributed by atoms with Gasteiger partial charge in [0, 0.05) is 30.9 Å². The first kappa shape index (κ1) is 17.9. The molecule has 26 heavy (non-hydrogen) atoms. The van der Waals surface area contributed by atoms with E-state index in [4.69, 9.17) is 4.98 Å². The van der Waals surface area contributed by atoms with E-state index in [9.17, 15) is 0 Å². The van der Waals surface area contributed by atoms with E-state index in [2.05, 4.69) is 77.6 Å². The predicted octanol–water partition coefficient (Wildman–Crippen LogP) is 4.98. The average Bonchev–Trinajstić information content (AvgIpc) is 2.67. The quantitative estimate of drug-likeness (QED) is 0.655. The third-order valence-electron chi connectivity index (χ3n) is 4.39. The highest BCUT2D eigenvalue weighted by Gasteiger charge is 2.12. The van der Waals surface area contributed by atoms with Crippen molar-refractivity contribution < 1.29 is 0 Å². The van der Waals surface area contributed by atoms with E-state index >= 15 is 0 Å². The first-order valence-electron chi connectivity index (χ1n) is 9.11. The van der Waals surface area contributed by atoms with Crippen molar-refractivity contribution in [2.45, 2.75) is 33.4 Å². The lowest BCUT2D eigenvalue weighted by Crippen LogP contribution is -2.25. The topological polar surface area (TPSA) is 41.1 Å². The maximum atomic E-state index is 4.77. The van der Waals surface area contributed by atoms with Gasteiger partial charge in [-0.3, -0.25) is 0 Å². The van der Waals surface area contributed by atoms with Crippen LogP contribution in [-0.2, 0) is 6.54 Å². The maximum Gasteiger partial charge on any atom is 0.227 e. The van der Waals surface area contributed by atoms with E-state index in [1.165, 1.54) is 11.1 Å². The van der Waals surface area contributed by atoms with Gasteiger partial charge in [0.15, 0.2) is 0 Å². The van der Waals surface area contributed by atoms with Gasteiger partial charge in [0.2, 0.25) is 5.95 Å². The van der Waals surface area contributed by atoms with Crippen molar-refractivity contribution in [2.75, 3.05) is 16.8 Å². The summed E-state index contributed by atoms with van der Waals surface area (Å²) in [5.41, 5.74) is 3.46. The second-order valence-electron chi connectivity index (χ2n) is 6.47. The van der Waals surface area contributed by atoms with Crippen LogP contribution in [0.25, 0.3) is 0 Å². The number of nitrogens with one attached hydrogen (secondary N) is 1. The minimum Gasteiger partial charge on any atom is -0.363 e. The molecule has 2 aromatic carbocycles. The van der Waals surface area contributed by atoms with Crippen molar-refractivity contribution in [3.63, 3.8) is 0 Å². The summed E-state index contributed by atoms with van der Waals surface area (Å²) in [5.74, 6) is 1.62. The van der Waals surface area contributed by atoms with Gasteiger partial charge in [-0.05, 0) is 31.9 Å². The zero-order valence-corrected chi connectivity index (χ0v) is 15.7. The molecule has 1 heterocycles. The van der Waals surface area contributed by atoms with Gasteiger partial charge in [-0.25, -0.2) is 4.98 Å². The van der Waals surface area contributed by atoms with Crippen LogP contribution in [0.1, 0.15) is 36.7 Å². The molecule has 4 heteroatoms. The Hall–Kier alpha value is -2.88. The summed E-state index contributed by atoms with van der Waals surface area (Å²) in [6, 6.07) is 23.0. The van der Waals surface area contributed by atoms with Crippen molar-refractivity contribution in [1.82, 2.24) is 9.97 Å². The molecule has 1 atom stereocenters. The van der Waals surface area contributed by atoms with Gasteiger partial charge in [0.05, 0.1) is 0 Å². The average molecular weight is 346 g/mol. The number of nitrogens with zero attached hydrogens (tertiary/aromatic N) is 3. The fraction of sp³-hybridized carbons (Fsp3) is 0.273. The Balaban J connectivity index is 1.80. The third-order valence-corrected chi connectivity index (χ3v) is 4.39. The molecular weight excluding hydrogens is 320 g/mol.